The normalized spacial score (nSPS) is 25.1. The van der Waals surface area contributed by atoms with E-state index < -0.39 is 12.0 Å². The third kappa shape index (κ3) is 2.76. The number of nitrogens with two attached hydrogens (primary N) is 1. The Morgan fingerprint density at radius 2 is 2.10 bits per heavy atom. The predicted molar refractivity (Wildman–Crippen MR) is 85.1 cm³/mol. The minimum Gasteiger partial charge on any atom is -0.480 e. The van der Waals surface area contributed by atoms with Crippen molar-refractivity contribution in [2.24, 2.45) is 5.92 Å². The van der Waals surface area contributed by atoms with E-state index in [0.29, 0.717) is 27.4 Å². The van der Waals surface area contributed by atoms with Crippen LogP contribution in [0, 0.1) is 5.92 Å². The molecule has 21 heavy (non-hydrogen) atoms. The fourth-order valence-electron chi connectivity index (χ4n) is 2.53. The summed E-state index contributed by atoms with van der Waals surface area (Å²) in [5.41, 5.74) is 6.75. The van der Waals surface area contributed by atoms with E-state index in [1.165, 1.54) is 0 Å². The average molecular weight is 371 g/mol. The first-order valence-corrected chi connectivity index (χ1v) is 8.55. The number of halogens is 1. The summed E-state index contributed by atoms with van der Waals surface area (Å²) >= 11 is 4.88. The van der Waals surface area contributed by atoms with Gasteiger partial charge in [-0.3, -0.25) is 4.79 Å². The van der Waals surface area contributed by atoms with Crippen LogP contribution in [0.25, 0.3) is 0 Å². The monoisotopic (exact) mass is 370 g/mol. The number of hydrogen-bond acceptors (Lipinski definition) is 4. The predicted octanol–water partition coefficient (Wildman–Crippen LogP) is 2.41. The number of hydrogen-bond donors (Lipinski definition) is 2. The Balaban J connectivity index is 1.91. The number of benzene rings is 1. The van der Waals surface area contributed by atoms with Crippen molar-refractivity contribution in [3.8, 4) is 0 Å². The van der Waals surface area contributed by atoms with E-state index in [9.17, 15) is 14.7 Å². The lowest BCUT2D eigenvalue weighted by Crippen LogP contribution is -2.46. The molecule has 1 aliphatic heterocycles. The largest absolute Gasteiger partial charge is 0.480 e. The van der Waals surface area contributed by atoms with Gasteiger partial charge in [0.25, 0.3) is 5.91 Å². The van der Waals surface area contributed by atoms with Crippen molar-refractivity contribution in [2.45, 2.75) is 24.3 Å². The van der Waals surface area contributed by atoms with Gasteiger partial charge in [0.2, 0.25) is 0 Å². The molecule has 1 amide bonds. The molecule has 2 atom stereocenters. The fraction of sp³-hybridized carbons (Fsp3) is 0.429. The van der Waals surface area contributed by atoms with Gasteiger partial charge in [-0.15, -0.1) is 11.8 Å². The summed E-state index contributed by atoms with van der Waals surface area (Å²) in [6.45, 7) is 0. The van der Waals surface area contributed by atoms with Crippen molar-refractivity contribution < 1.29 is 14.7 Å². The molecule has 0 radical (unpaired) electrons. The number of carboxylic acids is 1. The van der Waals surface area contributed by atoms with Gasteiger partial charge in [0, 0.05) is 21.5 Å². The smallest absolute Gasteiger partial charge is 0.327 e. The van der Waals surface area contributed by atoms with Crippen LogP contribution in [-0.4, -0.2) is 39.1 Å². The summed E-state index contributed by atoms with van der Waals surface area (Å²) in [6, 6.07) is 4.21. The molecule has 2 fully saturated rings. The van der Waals surface area contributed by atoms with Crippen molar-refractivity contribution in [3.63, 3.8) is 0 Å². The number of carbonyl (C=O) groups excluding carboxylic acids is 1. The molecule has 1 aliphatic carbocycles. The van der Waals surface area contributed by atoms with Crippen LogP contribution in [0.15, 0.2) is 22.7 Å². The van der Waals surface area contributed by atoms with Crippen molar-refractivity contribution >= 4 is 45.3 Å². The topological polar surface area (TPSA) is 83.6 Å². The quantitative estimate of drug-likeness (QED) is 0.798. The maximum absolute atomic E-state index is 12.8. The molecule has 1 saturated carbocycles. The number of nitrogens with zero attached hydrogens (tertiary/aromatic N) is 1. The molecule has 1 saturated heterocycles. The third-order valence-electron chi connectivity index (χ3n) is 3.83. The van der Waals surface area contributed by atoms with Crippen molar-refractivity contribution in [1.29, 1.82) is 0 Å². The highest BCUT2D eigenvalue weighted by Gasteiger charge is 2.48. The van der Waals surface area contributed by atoms with Crippen LogP contribution in [0.1, 0.15) is 23.2 Å². The zero-order chi connectivity index (χ0) is 15.1. The standard InChI is InChI=1S/C14H15BrN2O3S/c15-9-5-8(3-4-10(9)16)12(18)17-11(14(19)20)6-21-13(17)7-1-2-7/h3-5,7,11,13H,1-2,6,16H2,(H,19,20). The number of thioether (sulfide) groups is 1. The van der Waals surface area contributed by atoms with Crippen LogP contribution in [0.3, 0.4) is 0 Å². The summed E-state index contributed by atoms with van der Waals surface area (Å²) in [6.07, 6.45) is 2.14. The Morgan fingerprint density at radius 3 is 2.67 bits per heavy atom. The highest BCUT2D eigenvalue weighted by Crippen LogP contribution is 2.46. The maximum atomic E-state index is 12.8. The third-order valence-corrected chi connectivity index (χ3v) is 5.98. The molecule has 112 valence electrons. The van der Waals surface area contributed by atoms with Crippen LogP contribution < -0.4 is 5.73 Å². The Bertz CT molecular complexity index is 606. The van der Waals surface area contributed by atoms with Gasteiger partial charge in [-0.1, -0.05) is 0 Å². The van der Waals surface area contributed by atoms with Crippen LogP contribution in [0.4, 0.5) is 5.69 Å². The maximum Gasteiger partial charge on any atom is 0.327 e. The summed E-state index contributed by atoms with van der Waals surface area (Å²) in [7, 11) is 0. The lowest BCUT2D eigenvalue weighted by molar-refractivity contribution is -0.141. The molecule has 0 spiro atoms. The minimum absolute atomic E-state index is 0.0186. The van der Waals surface area contributed by atoms with E-state index in [4.69, 9.17) is 5.73 Å². The van der Waals surface area contributed by atoms with E-state index in [1.54, 1.807) is 34.9 Å². The molecule has 2 aliphatic rings. The summed E-state index contributed by atoms with van der Waals surface area (Å²) in [5, 5.41) is 9.34. The molecule has 0 bridgehead atoms. The molecule has 2 unspecified atom stereocenters. The Kier molecular flexibility index (Phi) is 3.88. The molecule has 7 heteroatoms. The highest BCUT2D eigenvalue weighted by molar-refractivity contribution is 9.10. The second-order valence-electron chi connectivity index (χ2n) is 5.36. The lowest BCUT2D eigenvalue weighted by Gasteiger charge is -2.27. The molecule has 1 aromatic carbocycles. The first-order chi connectivity index (χ1) is 9.99. The van der Waals surface area contributed by atoms with E-state index in [0.717, 1.165) is 12.8 Å². The minimum atomic E-state index is -0.937. The SMILES string of the molecule is Nc1ccc(C(=O)N2C(C(=O)O)CSC2C2CC2)cc1Br. The molecule has 1 heterocycles. The first-order valence-electron chi connectivity index (χ1n) is 6.71. The van der Waals surface area contributed by atoms with E-state index in [1.807, 2.05) is 0 Å². The van der Waals surface area contributed by atoms with Gasteiger partial charge in [-0.25, -0.2) is 4.79 Å². The Morgan fingerprint density at radius 1 is 1.38 bits per heavy atom. The van der Waals surface area contributed by atoms with Crippen LogP contribution >= 0.6 is 27.7 Å². The molecular weight excluding hydrogens is 356 g/mol. The number of amides is 1. The molecule has 3 rings (SSSR count). The Labute approximate surface area is 135 Å². The van der Waals surface area contributed by atoms with Crippen molar-refractivity contribution in [2.75, 3.05) is 11.5 Å². The summed E-state index contributed by atoms with van der Waals surface area (Å²) in [5.74, 6) is -0.280. The molecule has 0 aromatic heterocycles. The number of anilines is 1. The second-order valence-corrected chi connectivity index (χ2v) is 7.37. The molecular formula is C14H15BrN2O3S. The number of carbonyl (C=O) groups is 2. The number of nitrogen functional groups attached to an aromatic ring is 1. The van der Waals surface area contributed by atoms with Crippen LogP contribution in [-0.2, 0) is 4.79 Å². The summed E-state index contributed by atoms with van der Waals surface area (Å²) in [4.78, 5) is 25.7. The van der Waals surface area contributed by atoms with Gasteiger partial charge in [0.15, 0.2) is 0 Å². The number of rotatable bonds is 3. The first kappa shape index (κ1) is 14.7. The van der Waals surface area contributed by atoms with Gasteiger partial charge < -0.3 is 15.7 Å². The van der Waals surface area contributed by atoms with Gasteiger partial charge in [-0.2, -0.15) is 0 Å². The molecule has 3 N–H and O–H groups in total. The van der Waals surface area contributed by atoms with E-state index in [-0.39, 0.29) is 11.3 Å². The van der Waals surface area contributed by atoms with Gasteiger partial charge in [0.1, 0.15) is 6.04 Å². The zero-order valence-electron chi connectivity index (χ0n) is 11.2. The summed E-state index contributed by atoms with van der Waals surface area (Å²) < 4.78 is 0.648. The molecule has 1 aromatic rings. The fourth-order valence-corrected chi connectivity index (χ4v) is 4.54. The van der Waals surface area contributed by atoms with Crippen molar-refractivity contribution in [1.82, 2.24) is 4.90 Å². The zero-order valence-corrected chi connectivity index (χ0v) is 13.6. The second kappa shape index (κ2) is 5.53. The van der Waals surface area contributed by atoms with Gasteiger partial charge >= 0.3 is 5.97 Å². The number of aliphatic carboxylic acids is 1. The molecule has 5 nitrogen and oxygen atoms in total. The van der Waals surface area contributed by atoms with Gasteiger partial charge in [0.05, 0.1) is 5.37 Å². The average Bonchev–Trinajstić information content (AvgIpc) is 3.19. The van der Waals surface area contributed by atoms with E-state index in [2.05, 4.69) is 15.9 Å². The van der Waals surface area contributed by atoms with Crippen LogP contribution in [0.5, 0.6) is 0 Å². The number of carboxylic acid groups (broad SMARTS) is 1. The highest BCUT2D eigenvalue weighted by atomic mass is 79.9. The lowest BCUT2D eigenvalue weighted by atomic mass is 10.1. The van der Waals surface area contributed by atoms with Gasteiger partial charge in [-0.05, 0) is 52.9 Å². The van der Waals surface area contributed by atoms with E-state index >= 15 is 0 Å². The van der Waals surface area contributed by atoms with Crippen LogP contribution in [0.2, 0.25) is 0 Å². The van der Waals surface area contributed by atoms with Crippen molar-refractivity contribution in [3.05, 3.63) is 28.2 Å². The Hall–Kier alpha value is -1.21.